The smallest absolute Gasteiger partial charge is 0.319 e. The molecule has 0 radical (unpaired) electrons. The number of ether oxygens (including phenoxy) is 1. The van der Waals surface area contributed by atoms with Gasteiger partial charge in [-0.25, -0.2) is 13.9 Å². The zero-order valence-electron chi connectivity index (χ0n) is 34.1. The van der Waals surface area contributed by atoms with Gasteiger partial charge in [-0.3, -0.25) is 9.59 Å². The Morgan fingerprint density at radius 3 is 2.39 bits per heavy atom. The summed E-state index contributed by atoms with van der Waals surface area (Å²) in [5.74, 6) is 0.0145. The molecule has 6 aromatic rings. The van der Waals surface area contributed by atoms with Crippen molar-refractivity contribution in [3.63, 3.8) is 0 Å². The number of phenols is 2. The summed E-state index contributed by atoms with van der Waals surface area (Å²) in [6.45, 7) is 5.37. The second kappa shape index (κ2) is 16.7. The highest BCUT2D eigenvalue weighted by Gasteiger charge is 2.30. The van der Waals surface area contributed by atoms with Crippen LogP contribution in [0.1, 0.15) is 48.2 Å². The maximum Gasteiger partial charge on any atom is 0.319 e. The monoisotopic (exact) mass is 828 g/mol. The molecular formula is C44H45FN10O6. The highest BCUT2D eigenvalue weighted by atomic mass is 19.1. The molecule has 2 amide bonds. The maximum atomic E-state index is 15.5. The van der Waals surface area contributed by atoms with Crippen molar-refractivity contribution in [2.24, 2.45) is 5.92 Å². The Kier molecular flexibility index (Phi) is 11.0. The summed E-state index contributed by atoms with van der Waals surface area (Å²) in [5.41, 5.74) is 4.69. The third kappa shape index (κ3) is 7.77. The lowest BCUT2D eigenvalue weighted by Gasteiger charge is -2.33. The molecule has 17 heteroatoms. The lowest BCUT2D eigenvalue weighted by Crippen LogP contribution is -2.40. The van der Waals surface area contributed by atoms with Crippen LogP contribution in [0.3, 0.4) is 0 Å². The Morgan fingerprint density at radius 1 is 0.869 bits per heavy atom. The first-order valence-corrected chi connectivity index (χ1v) is 20.0. The number of nitrogens with zero attached hydrogens (tertiary/aromatic N) is 8. The van der Waals surface area contributed by atoms with Crippen LogP contribution < -0.4 is 30.1 Å². The molecule has 4 aromatic carbocycles. The van der Waals surface area contributed by atoms with Crippen molar-refractivity contribution in [2.75, 3.05) is 53.8 Å². The molecule has 1 saturated heterocycles. The van der Waals surface area contributed by atoms with Gasteiger partial charge in [0, 0.05) is 63.0 Å². The van der Waals surface area contributed by atoms with Gasteiger partial charge in [-0.15, -0.1) is 5.10 Å². The number of carbonyl (C=O) groups is 2. The first kappa shape index (κ1) is 40.4. The number of rotatable bonds is 11. The molecular weight excluding hydrogens is 784 g/mol. The number of aryl methyl sites for hydroxylation is 1. The van der Waals surface area contributed by atoms with E-state index < -0.39 is 11.8 Å². The molecule has 0 bridgehead atoms. The van der Waals surface area contributed by atoms with Crippen LogP contribution in [0.4, 0.5) is 38.9 Å². The van der Waals surface area contributed by atoms with Gasteiger partial charge in [0.25, 0.3) is 5.91 Å². The van der Waals surface area contributed by atoms with E-state index in [0.29, 0.717) is 79.0 Å². The molecule has 0 saturated carbocycles. The van der Waals surface area contributed by atoms with Crippen LogP contribution in [-0.2, 0) is 17.8 Å². The standard InChI is InChI=1S/C44H45FN10O6/c1-5-25-19-31(37(57)22-36(25)56)39-50-51-44(60)55(39)29-12-11-27(32(45)20-29)23-46-41(58)26-15-17-54(18-16-26)28-13-14-33(38(21-28)61-6-2)48-43-47-24-35-40(49-43)52(3)34-10-8-7-9-30(34)42(59)53(35)4/h7-14,19-22,24,26,56-57H,5-6,15-18,23H2,1-4H3,(H,46,58)(H,51,60)(H,47,48,49). The molecule has 2 aliphatic rings. The molecule has 0 unspecified atom stereocenters. The number of fused-ring (bicyclic) bond motifs is 2. The van der Waals surface area contributed by atoms with Crippen molar-refractivity contribution in [2.45, 2.75) is 39.7 Å². The summed E-state index contributed by atoms with van der Waals surface area (Å²) in [5, 5.41) is 45.1. The van der Waals surface area contributed by atoms with Gasteiger partial charge in [0.1, 0.15) is 28.8 Å². The summed E-state index contributed by atoms with van der Waals surface area (Å²) in [4.78, 5) is 41.5. The Morgan fingerprint density at radius 2 is 1.64 bits per heavy atom. The molecule has 5 N–H and O–H groups in total. The van der Waals surface area contributed by atoms with Gasteiger partial charge < -0.3 is 45.4 Å². The topological polar surface area (TPSA) is 194 Å². The van der Waals surface area contributed by atoms with E-state index in [4.69, 9.17) is 9.72 Å². The van der Waals surface area contributed by atoms with E-state index in [2.05, 4.69) is 30.7 Å². The van der Waals surface area contributed by atoms with Gasteiger partial charge in [-0.2, -0.15) is 4.98 Å². The zero-order chi connectivity index (χ0) is 42.9. The number of benzene rings is 4. The molecule has 8 rings (SSSR count). The maximum absolute atomic E-state index is 15.5. The Balaban J connectivity index is 0.900. The summed E-state index contributed by atoms with van der Waals surface area (Å²) in [6, 6.07) is 19.7. The van der Waals surface area contributed by atoms with Crippen molar-refractivity contribution in [3.8, 4) is 40.3 Å². The molecule has 2 aliphatic heterocycles. The Bertz CT molecular complexity index is 2650. The van der Waals surface area contributed by atoms with E-state index in [-0.39, 0.29) is 58.4 Å². The Hall–Kier alpha value is -7.43. The fraction of sp³-hybridized carbons (Fsp3) is 0.273. The number of hydrogen-bond acceptors (Lipinski definition) is 13. The third-order valence-electron chi connectivity index (χ3n) is 11.2. The fourth-order valence-corrected chi connectivity index (χ4v) is 7.79. The van der Waals surface area contributed by atoms with Gasteiger partial charge in [0.05, 0.1) is 41.0 Å². The van der Waals surface area contributed by atoms with Gasteiger partial charge in [0.15, 0.2) is 11.6 Å². The van der Waals surface area contributed by atoms with E-state index in [0.717, 1.165) is 11.4 Å². The third-order valence-corrected chi connectivity index (χ3v) is 11.2. The average molecular weight is 829 g/mol. The number of hydrogen-bond donors (Lipinski definition) is 5. The van der Waals surface area contributed by atoms with Gasteiger partial charge in [-0.1, -0.05) is 30.2 Å². The second-order valence-corrected chi connectivity index (χ2v) is 14.8. The van der Waals surface area contributed by atoms with Crippen molar-refractivity contribution >= 4 is 46.3 Å². The first-order chi connectivity index (χ1) is 29.4. The minimum atomic E-state index is -0.616. The van der Waals surface area contributed by atoms with E-state index in [9.17, 15) is 24.9 Å². The summed E-state index contributed by atoms with van der Waals surface area (Å²) >= 11 is 0. The van der Waals surface area contributed by atoms with E-state index >= 15 is 4.39 Å². The fourth-order valence-electron chi connectivity index (χ4n) is 7.79. The number of anilines is 6. The molecule has 4 heterocycles. The van der Waals surface area contributed by atoms with E-state index in [1.807, 2.05) is 62.2 Å². The average Bonchev–Trinajstić information content (AvgIpc) is 3.63. The lowest BCUT2D eigenvalue weighted by molar-refractivity contribution is -0.125. The number of para-hydroxylation sites is 1. The number of amides is 2. The SMILES string of the molecule is CCOc1cc(N2CCC(C(=O)NCc3ccc(-n4c(O)nnc4-c4cc(CC)c(O)cc4O)cc3F)CC2)ccc1Nc1ncc2c(n1)N(C)c1ccccc1C(=O)N2C. The van der Waals surface area contributed by atoms with Crippen molar-refractivity contribution in [1.82, 2.24) is 30.0 Å². The minimum absolute atomic E-state index is 0.0384. The number of aromatic nitrogens is 5. The predicted octanol–water partition coefficient (Wildman–Crippen LogP) is 6.58. The number of piperidine rings is 1. The van der Waals surface area contributed by atoms with E-state index in [1.54, 1.807) is 36.3 Å². The van der Waals surface area contributed by atoms with Crippen LogP contribution in [0, 0.1) is 11.7 Å². The van der Waals surface area contributed by atoms with Crippen LogP contribution >= 0.6 is 0 Å². The Labute approximate surface area is 350 Å². The van der Waals surface area contributed by atoms with Crippen LogP contribution in [0.25, 0.3) is 17.1 Å². The summed E-state index contributed by atoms with van der Waals surface area (Å²) in [7, 11) is 3.58. The molecule has 0 atom stereocenters. The van der Waals surface area contributed by atoms with Crippen LogP contribution in [0.5, 0.6) is 23.3 Å². The quantitative estimate of drug-likeness (QED) is 0.0942. The van der Waals surface area contributed by atoms with Crippen LogP contribution in [-0.4, -0.2) is 85.7 Å². The van der Waals surface area contributed by atoms with Crippen LogP contribution in [0.15, 0.2) is 79.0 Å². The van der Waals surface area contributed by atoms with Gasteiger partial charge >= 0.3 is 6.01 Å². The number of phenolic OH excluding ortho intramolecular Hbond substituents is 2. The van der Waals surface area contributed by atoms with Crippen molar-refractivity contribution in [3.05, 3.63) is 102 Å². The van der Waals surface area contributed by atoms with Crippen molar-refractivity contribution < 1.29 is 34.0 Å². The molecule has 0 spiro atoms. The molecule has 16 nitrogen and oxygen atoms in total. The van der Waals surface area contributed by atoms with Gasteiger partial charge in [0.2, 0.25) is 11.9 Å². The normalized spacial score (nSPS) is 14.0. The largest absolute Gasteiger partial charge is 0.508 e. The van der Waals surface area contributed by atoms with Gasteiger partial charge in [-0.05, 0) is 74.2 Å². The minimum Gasteiger partial charge on any atom is -0.508 e. The molecule has 0 aliphatic carbocycles. The summed E-state index contributed by atoms with van der Waals surface area (Å²) < 4.78 is 22.7. The zero-order valence-corrected chi connectivity index (χ0v) is 34.1. The molecule has 2 aromatic heterocycles. The highest BCUT2D eigenvalue weighted by Crippen LogP contribution is 2.40. The molecule has 314 valence electrons. The number of aromatic hydroxyl groups is 3. The second-order valence-electron chi connectivity index (χ2n) is 14.8. The van der Waals surface area contributed by atoms with Crippen LogP contribution in [0.2, 0.25) is 0 Å². The molecule has 61 heavy (non-hydrogen) atoms. The summed E-state index contributed by atoms with van der Waals surface area (Å²) in [6.07, 6.45) is 3.29. The lowest BCUT2D eigenvalue weighted by atomic mass is 9.95. The number of carbonyl (C=O) groups excluding carboxylic acids is 2. The number of nitrogens with one attached hydrogen (secondary N) is 2. The molecule has 1 fully saturated rings. The predicted molar refractivity (Wildman–Crippen MR) is 228 cm³/mol. The highest BCUT2D eigenvalue weighted by molar-refractivity contribution is 6.13. The first-order valence-electron chi connectivity index (χ1n) is 20.0. The van der Waals surface area contributed by atoms with E-state index in [1.165, 1.54) is 22.8 Å². The number of halogens is 1. The van der Waals surface area contributed by atoms with Crippen molar-refractivity contribution in [1.29, 1.82) is 0 Å².